The molecule has 0 aliphatic heterocycles. The van der Waals surface area contributed by atoms with E-state index in [1.807, 2.05) is 11.3 Å². The minimum Gasteiger partial charge on any atom is -0.380 e. The molecule has 1 heterocycles. The monoisotopic (exact) mass is 246 g/mol. The van der Waals surface area contributed by atoms with Gasteiger partial charge in [-0.15, -0.1) is 11.3 Å². The molecule has 1 N–H and O–H groups in total. The van der Waals surface area contributed by atoms with Gasteiger partial charge in [-0.3, -0.25) is 0 Å². The molecular weight excluding hydrogens is 228 g/mol. The van der Waals surface area contributed by atoms with Crippen LogP contribution >= 0.6 is 11.3 Å². The minimum atomic E-state index is 0.903. The lowest BCUT2D eigenvalue weighted by molar-refractivity contribution is 1.13. The molecule has 0 radical (unpaired) electrons. The van der Waals surface area contributed by atoms with Crippen LogP contribution in [-0.4, -0.2) is 14.1 Å². The van der Waals surface area contributed by atoms with Crippen molar-refractivity contribution < 1.29 is 0 Å². The lowest BCUT2D eigenvalue weighted by atomic mass is 10.2. The quantitative estimate of drug-likeness (QED) is 0.884. The Balaban J connectivity index is 1.95. The van der Waals surface area contributed by atoms with Gasteiger partial charge in [0.15, 0.2) is 0 Å². The van der Waals surface area contributed by atoms with E-state index in [-0.39, 0.29) is 0 Å². The van der Waals surface area contributed by atoms with E-state index in [9.17, 15) is 0 Å². The number of hydrogen-bond acceptors (Lipinski definition) is 3. The van der Waals surface area contributed by atoms with E-state index in [2.05, 4.69) is 67.6 Å². The van der Waals surface area contributed by atoms with Crippen LogP contribution in [-0.2, 0) is 6.54 Å². The van der Waals surface area contributed by atoms with E-state index >= 15 is 0 Å². The normalized spacial score (nSPS) is 10.3. The van der Waals surface area contributed by atoms with Gasteiger partial charge >= 0.3 is 0 Å². The summed E-state index contributed by atoms with van der Waals surface area (Å²) < 4.78 is 0. The molecule has 0 fully saturated rings. The zero-order valence-electron chi connectivity index (χ0n) is 10.5. The van der Waals surface area contributed by atoms with Crippen molar-refractivity contribution in [2.24, 2.45) is 0 Å². The number of nitrogens with one attached hydrogen (secondary N) is 1. The van der Waals surface area contributed by atoms with Crippen LogP contribution < -0.4 is 10.2 Å². The molecule has 3 heteroatoms. The average molecular weight is 246 g/mol. The van der Waals surface area contributed by atoms with Gasteiger partial charge < -0.3 is 10.2 Å². The van der Waals surface area contributed by atoms with Crippen LogP contribution in [0.4, 0.5) is 11.4 Å². The second-order valence-electron chi connectivity index (χ2n) is 4.31. The topological polar surface area (TPSA) is 15.3 Å². The van der Waals surface area contributed by atoms with Crippen molar-refractivity contribution >= 4 is 22.7 Å². The first-order valence-corrected chi connectivity index (χ1v) is 6.53. The highest BCUT2D eigenvalue weighted by Crippen LogP contribution is 2.19. The molecule has 90 valence electrons. The Hall–Kier alpha value is -1.48. The van der Waals surface area contributed by atoms with E-state index in [4.69, 9.17) is 0 Å². The number of nitrogens with zero attached hydrogens (tertiary/aromatic N) is 1. The summed E-state index contributed by atoms with van der Waals surface area (Å²) in [6.45, 7) is 3.04. The zero-order valence-corrected chi connectivity index (χ0v) is 11.3. The van der Waals surface area contributed by atoms with Gasteiger partial charge in [-0.25, -0.2) is 0 Å². The Morgan fingerprint density at radius 1 is 1.06 bits per heavy atom. The fraction of sp³-hybridized carbons (Fsp3) is 0.286. The van der Waals surface area contributed by atoms with E-state index in [0.29, 0.717) is 0 Å². The van der Waals surface area contributed by atoms with Gasteiger partial charge in [-0.2, -0.15) is 0 Å². The van der Waals surface area contributed by atoms with Gasteiger partial charge in [-0.1, -0.05) is 0 Å². The van der Waals surface area contributed by atoms with Gasteiger partial charge in [0.1, 0.15) is 0 Å². The first-order chi connectivity index (χ1) is 8.15. The lowest BCUT2D eigenvalue weighted by Gasteiger charge is -2.13. The largest absolute Gasteiger partial charge is 0.380 e. The molecule has 1 aromatic heterocycles. The minimum absolute atomic E-state index is 0.903. The summed E-state index contributed by atoms with van der Waals surface area (Å²) in [7, 11) is 4.10. The number of aryl methyl sites for hydroxylation is 1. The van der Waals surface area contributed by atoms with Crippen molar-refractivity contribution in [2.45, 2.75) is 13.5 Å². The van der Waals surface area contributed by atoms with E-state index in [1.54, 1.807) is 0 Å². The Bertz CT molecular complexity index is 471. The molecule has 0 saturated carbocycles. The summed E-state index contributed by atoms with van der Waals surface area (Å²) >= 11 is 1.84. The molecule has 2 rings (SSSR count). The van der Waals surface area contributed by atoms with E-state index in [1.165, 1.54) is 21.1 Å². The highest BCUT2D eigenvalue weighted by atomic mass is 32.1. The second kappa shape index (κ2) is 5.23. The highest BCUT2D eigenvalue weighted by molar-refractivity contribution is 7.11. The number of rotatable bonds is 4. The first-order valence-electron chi connectivity index (χ1n) is 5.72. The molecule has 0 amide bonds. The Morgan fingerprint density at radius 2 is 1.76 bits per heavy atom. The summed E-state index contributed by atoms with van der Waals surface area (Å²) in [6.07, 6.45) is 0. The molecule has 0 saturated heterocycles. The van der Waals surface area contributed by atoms with E-state index < -0.39 is 0 Å². The molecular formula is C14H18N2S. The third-order valence-corrected chi connectivity index (χ3v) is 3.65. The Kier molecular flexibility index (Phi) is 3.69. The molecule has 0 atom stereocenters. The maximum Gasteiger partial charge on any atom is 0.0494 e. The number of anilines is 2. The van der Waals surface area contributed by atoms with Gasteiger partial charge in [0.2, 0.25) is 0 Å². The fourth-order valence-electron chi connectivity index (χ4n) is 1.65. The lowest BCUT2D eigenvalue weighted by Crippen LogP contribution is -2.08. The van der Waals surface area contributed by atoms with Crippen LogP contribution in [0, 0.1) is 6.92 Å². The van der Waals surface area contributed by atoms with Gasteiger partial charge in [0.25, 0.3) is 0 Å². The first kappa shape index (κ1) is 12.0. The third kappa shape index (κ3) is 3.24. The molecule has 2 aromatic rings. The van der Waals surface area contributed by atoms with Gasteiger partial charge in [0.05, 0.1) is 0 Å². The number of hydrogen-bond donors (Lipinski definition) is 1. The van der Waals surface area contributed by atoms with Crippen molar-refractivity contribution in [1.82, 2.24) is 0 Å². The second-order valence-corrected chi connectivity index (χ2v) is 5.68. The molecule has 0 spiro atoms. The van der Waals surface area contributed by atoms with Crippen molar-refractivity contribution in [3.63, 3.8) is 0 Å². The molecule has 0 bridgehead atoms. The maximum absolute atomic E-state index is 3.43. The smallest absolute Gasteiger partial charge is 0.0494 e. The third-order valence-electron chi connectivity index (χ3n) is 2.65. The van der Waals surface area contributed by atoms with Crippen molar-refractivity contribution in [1.29, 1.82) is 0 Å². The summed E-state index contributed by atoms with van der Waals surface area (Å²) in [5.74, 6) is 0. The van der Waals surface area contributed by atoms with Gasteiger partial charge in [0, 0.05) is 41.8 Å². The van der Waals surface area contributed by atoms with Crippen LogP contribution in [0.1, 0.15) is 9.75 Å². The molecule has 1 aromatic carbocycles. The number of benzene rings is 1. The zero-order chi connectivity index (χ0) is 12.3. The van der Waals surface area contributed by atoms with Crippen LogP contribution in [0.3, 0.4) is 0 Å². The van der Waals surface area contributed by atoms with Crippen LogP contribution in [0.5, 0.6) is 0 Å². The summed E-state index contributed by atoms with van der Waals surface area (Å²) in [4.78, 5) is 4.84. The molecule has 2 nitrogen and oxygen atoms in total. The summed E-state index contributed by atoms with van der Waals surface area (Å²) in [5, 5.41) is 3.43. The fourth-order valence-corrected chi connectivity index (χ4v) is 2.48. The van der Waals surface area contributed by atoms with Crippen molar-refractivity contribution in [3.05, 3.63) is 46.2 Å². The van der Waals surface area contributed by atoms with Crippen LogP contribution in [0.15, 0.2) is 36.4 Å². The standard InChI is InChI=1S/C14H18N2S/c1-11-4-9-14(17-11)10-15-12-5-7-13(8-6-12)16(2)3/h4-9,15H,10H2,1-3H3. The maximum atomic E-state index is 3.43. The Morgan fingerprint density at radius 3 is 2.29 bits per heavy atom. The number of thiophene rings is 1. The predicted molar refractivity (Wildman–Crippen MR) is 77.2 cm³/mol. The molecule has 0 aliphatic carbocycles. The van der Waals surface area contributed by atoms with Gasteiger partial charge in [-0.05, 0) is 43.3 Å². The highest BCUT2D eigenvalue weighted by Gasteiger charge is 1.98. The van der Waals surface area contributed by atoms with Crippen LogP contribution in [0.25, 0.3) is 0 Å². The predicted octanol–water partition coefficient (Wildman–Crippen LogP) is 3.73. The van der Waals surface area contributed by atoms with Crippen molar-refractivity contribution in [2.75, 3.05) is 24.3 Å². The Labute approximate surface area is 107 Å². The van der Waals surface area contributed by atoms with Crippen LogP contribution in [0.2, 0.25) is 0 Å². The molecule has 0 aliphatic rings. The summed E-state index contributed by atoms with van der Waals surface area (Å²) in [5.41, 5.74) is 2.39. The van der Waals surface area contributed by atoms with Crippen molar-refractivity contribution in [3.8, 4) is 0 Å². The van der Waals surface area contributed by atoms with E-state index in [0.717, 1.165) is 6.54 Å². The summed E-state index contributed by atoms with van der Waals surface area (Å²) in [6, 6.07) is 12.8. The molecule has 0 unspecified atom stereocenters. The molecule has 17 heavy (non-hydrogen) atoms. The average Bonchev–Trinajstić information content (AvgIpc) is 2.73. The SMILES string of the molecule is Cc1ccc(CNc2ccc(N(C)C)cc2)s1.